The Morgan fingerprint density at radius 2 is 2.12 bits per heavy atom. The fourth-order valence-electron chi connectivity index (χ4n) is 1.35. The Balaban J connectivity index is 2.63. The molecule has 1 N–H and O–H groups in total. The molecule has 3 nitrogen and oxygen atoms in total. The van der Waals surface area contributed by atoms with Crippen LogP contribution in [-0.4, -0.2) is 9.97 Å². The third kappa shape index (κ3) is 2.20. The number of nitrogens with one attached hydrogen (secondary N) is 1. The summed E-state index contributed by atoms with van der Waals surface area (Å²) < 4.78 is 14.2. The van der Waals surface area contributed by atoms with E-state index in [0.29, 0.717) is 15.7 Å². The van der Waals surface area contributed by atoms with Gasteiger partial charge in [0.2, 0.25) is 5.95 Å². The van der Waals surface area contributed by atoms with Crippen molar-refractivity contribution >= 4 is 31.0 Å². The van der Waals surface area contributed by atoms with E-state index < -0.39 is 5.95 Å². The van der Waals surface area contributed by atoms with Crippen LogP contribution in [0.25, 0.3) is 11.1 Å². The number of hydrogen-bond donors (Lipinski definition) is 1. The summed E-state index contributed by atoms with van der Waals surface area (Å²) >= 11 is 3.26. The molecular weight excluding hydrogens is 292 g/mol. The molecule has 0 aliphatic rings. The van der Waals surface area contributed by atoms with E-state index in [1.807, 2.05) is 0 Å². The molecule has 2 rings (SSSR count). The molecule has 0 radical (unpaired) electrons. The Hall–Kier alpha value is -1.06. The van der Waals surface area contributed by atoms with Crippen LogP contribution < -0.4 is 5.09 Å². The second-order valence-corrected chi connectivity index (χ2v) is 4.14. The smallest absolute Gasteiger partial charge is 0.220 e. The van der Waals surface area contributed by atoms with Gasteiger partial charge in [-0.3, -0.25) is 0 Å². The summed E-state index contributed by atoms with van der Waals surface area (Å²) in [5, 5.41) is 2.89. The van der Waals surface area contributed by atoms with Gasteiger partial charge in [0.1, 0.15) is 4.60 Å². The number of halogens is 2. The molecule has 0 bridgehead atoms. The number of nitrogens with zero attached hydrogens (tertiary/aromatic N) is 2. The van der Waals surface area contributed by atoms with Crippen molar-refractivity contribution in [3.63, 3.8) is 0 Å². The predicted molar refractivity (Wildman–Crippen MR) is 68.5 cm³/mol. The van der Waals surface area contributed by atoms with Gasteiger partial charge >= 0.3 is 0 Å². The standard InChI is InChI=1S/C10H8BrFN3P/c11-9-4-7(8(15-16)5-14-9)6-2-1-3-13-10(6)12/h1-5,15H,16H2. The Labute approximate surface area is 103 Å². The normalized spacial score (nSPS) is 10.2. The first kappa shape index (κ1) is 11.4. The van der Waals surface area contributed by atoms with E-state index in [0.717, 1.165) is 5.69 Å². The van der Waals surface area contributed by atoms with Gasteiger partial charge < -0.3 is 5.09 Å². The number of hydrogen-bond acceptors (Lipinski definition) is 3. The minimum absolute atomic E-state index is 0.440. The molecule has 0 fully saturated rings. The lowest BCUT2D eigenvalue weighted by Crippen LogP contribution is -1.93. The minimum atomic E-state index is -0.498. The molecule has 1 unspecified atom stereocenters. The van der Waals surface area contributed by atoms with Crippen molar-refractivity contribution in [1.29, 1.82) is 0 Å². The molecule has 6 heteroatoms. The quantitative estimate of drug-likeness (QED) is 0.683. The SMILES string of the molecule is Fc1ncccc1-c1cc(Br)ncc1NP. The van der Waals surface area contributed by atoms with E-state index >= 15 is 0 Å². The molecular formula is C10H8BrFN3P. The zero-order valence-electron chi connectivity index (χ0n) is 8.11. The number of aromatic nitrogens is 2. The highest BCUT2D eigenvalue weighted by Gasteiger charge is 2.10. The molecule has 16 heavy (non-hydrogen) atoms. The van der Waals surface area contributed by atoms with Gasteiger partial charge in [-0.2, -0.15) is 4.39 Å². The van der Waals surface area contributed by atoms with Crippen LogP contribution in [0.5, 0.6) is 0 Å². The molecule has 2 heterocycles. The van der Waals surface area contributed by atoms with E-state index in [-0.39, 0.29) is 0 Å². The van der Waals surface area contributed by atoms with Gasteiger partial charge in [0.25, 0.3) is 0 Å². The zero-order valence-corrected chi connectivity index (χ0v) is 10.9. The summed E-state index contributed by atoms with van der Waals surface area (Å²) in [6.45, 7) is 0. The molecule has 0 saturated carbocycles. The van der Waals surface area contributed by atoms with Crippen molar-refractivity contribution < 1.29 is 4.39 Å². The van der Waals surface area contributed by atoms with E-state index in [2.05, 4.69) is 40.4 Å². The van der Waals surface area contributed by atoms with Gasteiger partial charge in [-0.1, -0.05) is 0 Å². The average molecular weight is 300 g/mol. The number of pyridine rings is 2. The van der Waals surface area contributed by atoms with Crippen LogP contribution in [0.15, 0.2) is 35.2 Å². The highest BCUT2D eigenvalue weighted by molar-refractivity contribution is 9.10. The van der Waals surface area contributed by atoms with Gasteiger partial charge in [0.05, 0.1) is 11.9 Å². The van der Waals surface area contributed by atoms with E-state index in [1.165, 1.54) is 6.20 Å². The maximum atomic E-state index is 13.5. The third-order valence-electron chi connectivity index (χ3n) is 2.08. The summed E-state index contributed by atoms with van der Waals surface area (Å²) in [6.07, 6.45) is 3.04. The minimum Gasteiger partial charge on any atom is -0.368 e. The fraction of sp³-hybridized carbons (Fsp3) is 0. The Kier molecular flexibility index (Phi) is 3.46. The zero-order chi connectivity index (χ0) is 11.5. The highest BCUT2D eigenvalue weighted by Crippen LogP contribution is 2.31. The van der Waals surface area contributed by atoms with Gasteiger partial charge in [0, 0.05) is 17.3 Å². The van der Waals surface area contributed by atoms with Crippen LogP contribution in [0.1, 0.15) is 0 Å². The van der Waals surface area contributed by atoms with Gasteiger partial charge in [-0.15, -0.1) is 0 Å². The van der Waals surface area contributed by atoms with Crippen LogP contribution in [0.2, 0.25) is 0 Å². The van der Waals surface area contributed by atoms with E-state index in [4.69, 9.17) is 0 Å². The van der Waals surface area contributed by atoms with Crippen molar-refractivity contribution in [2.24, 2.45) is 0 Å². The van der Waals surface area contributed by atoms with Crippen LogP contribution in [0.4, 0.5) is 10.1 Å². The first-order valence-corrected chi connectivity index (χ1v) is 5.82. The first-order valence-electron chi connectivity index (χ1n) is 4.45. The van der Waals surface area contributed by atoms with Gasteiger partial charge in [-0.05, 0) is 43.5 Å². The Bertz CT molecular complexity index is 521. The fourth-order valence-corrected chi connectivity index (χ4v) is 1.92. The van der Waals surface area contributed by atoms with Crippen LogP contribution in [0, 0.1) is 5.95 Å². The monoisotopic (exact) mass is 299 g/mol. The molecule has 0 spiro atoms. The maximum Gasteiger partial charge on any atom is 0.220 e. The third-order valence-corrected chi connectivity index (χ3v) is 2.82. The lowest BCUT2D eigenvalue weighted by molar-refractivity contribution is 0.587. The lowest BCUT2D eigenvalue weighted by atomic mass is 10.1. The number of anilines is 1. The lowest BCUT2D eigenvalue weighted by Gasteiger charge is -2.09. The second-order valence-electron chi connectivity index (χ2n) is 3.04. The molecule has 0 aliphatic heterocycles. The molecule has 1 atom stereocenters. The van der Waals surface area contributed by atoms with Crippen molar-refractivity contribution in [3.8, 4) is 11.1 Å². The van der Waals surface area contributed by atoms with Crippen molar-refractivity contribution in [3.05, 3.63) is 41.1 Å². The summed E-state index contributed by atoms with van der Waals surface area (Å²) in [7, 11) is 2.36. The largest absolute Gasteiger partial charge is 0.368 e. The summed E-state index contributed by atoms with van der Waals surface area (Å²) in [5.74, 6) is -0.498. The van der Waals surface area contributed by atoms with E-state index in [9.17, 15) is 4.39 Å². The molecule has 82 valence electrons. The summed E-state index contributed by atoms with van der Waals surface area (Å²) in [4.78, 5) is 7.69. The predicted octanol–water partition coefficient (Wildman–Crippen LogP) is 3.25. The molecule has 2 aromatic rings. The van der Waals surface area contributed by atoms with Gasteiger partial charge in [-0.25, -0.2) is 9.97 Å². The maximum absolute atomic E-state index is 13.5. The summed E-state index contributed by atoms with van der Waals surface area (Å²) in [5.41, 5.74) is 1.87. The van der Waals surface area contributed by atoms with Crippen LogP contribution in [-0.2, 0) is 0 Å². The Morgan fingerprint density at radius 1 is 1.31 bits per heavy atom. The van der Waals surface area contributed by atoms with Crippen LogP contribution >= 0.6 is 25.3 Å². The molecule has 0 aromatic carbocycles. The molecule has 0 aliphatic carbocycles. The number of rotatable bonds is 2. The Morgan fingerprint density at radius 3 is 2.81 bits per heavy atom. The van der Waals surface area contributed by atoms with Crippen molar-refractivity contribution in [2.75, 3.05) is 5.09 Å². The summed E-state index contributed by atoms with van der Waals surface area (Å²) in [6, 6.07) is 5.11. The van der Waals surface area contributed by atoms with Crippen molar-refractivity contribution in [1.82, 2.24) is 9.97 Å². The van der Waals surface area contributed by atoms with Gasteiger partial charge in [0.15, 0.2) is 0 Å². The van der Waals surface area contributed by atoms with E-state index in [1.54, 1.807) is 24.4 Å². The average Bonchev–Trinajstić information content (AvgIpc) is 2.29. The first-order chi connectivity index (χ1) is 7.72. The van der Waals surface area contributed by atoms with Crippen molar-refractivity contribution in [2.45, 2.75) is 0 Å². The van der Waals surface area contributed by atoms with Crippen LogP contribution in [0.3, 0.4) is 0 Å². The molecule has 0 saturated heterocycles. The topological polar surface area (TPSA) is 37.8 Å². The highest BCUT2D eigenvalue weighted by atomic mass is 79.9. The second kappa shape index (κ2) is 4.85. The molecule has 2 aromatic heterocycles. The molecule has 0 amide bonds.